The predicted octanol–water partition coefficient (Wildman–Crippen LogP) is -1.33. The average Bonchev–Trinajstić information content (AvgIpc) is 2.63. The van der Waals surface area contributed by atoms with Gasteiger partial charge in [-0.3, -0.25) is 4.57 Å². The number of halogens is 1. The van der Waals surface area contributed by atoms with Crippen LogP contribution < -0.4 is 17.2 Å². The van der Waals surface area contributed by atoms with Crippen LogP contribution in [0.5, 0.6) is 0 Å². The number of aryl methyl sites for hydroxylation is 1. The van der Waals surface area contributed by atoms with E-state index in [0.29, 0.717) is 5.69 Å². The number of nitrogen functional groups attached to an aromatic ring is 1. The van der Waals surface area contributed by atoms with Gasteiger partial charge in [0.25, 0.3) is 0 Å². The fraction of sp³-hybridized carbons (Fsp3) is 0.538. The van der Waals surface area contributed by atoms with E-state index in [1.807, 2.05) is 0 Å². The molecule has 1 aliphatic heterocycles. The van der Waals surface area contributed by atoms with E-state index >= 15 is 0 Å². The van der Waals surface area contributed by atoms with Gasteiger partial charge in [0.05, 0.1) is 6.10 Å². The second-order valence-corrected chi connectivity index (χ2v) is 5.45. The van der Waals surface area contributed by atoms with Gasteiger partial charge in [0.1, 0.15) is 18.0 Å². The van der Waals surface area contributed by atoms with Gasteiger partial charge in [-0.1, -0.05) is 5.92 Å². The van der Waals surface area contributed by atoms with Crippen molar-refractivity contribution in [2.75, 3.05) is 5.73 Å². The van der Waals surface area contributed by atoms with Gasteiger partial charge in [0.2, 0.25) is 0 Å². The summed E-state index contributed by atoms with van der Waals surface area (Å²) in [7, 11) is 0. The molecule has 8 nitrogen and oxygen atoms in total. The highest BCUT2D eigenvalue weighted by Crippen LogP contribution is 2.37. The largest absolute Gasteiger partial charge is 0.391 e. The Morgan fingerprint density at radius 1 is 1.64 bits per heavy atom. The first kappa shape index (κ1) is 16.7. The Balaban J connectivity index is 2.62. The molecule has 0 radical (unpaired) electrons. The van der Waals surface area contributed by atoms with Gasteiger partial charge >= 0.3 is 5.69 Å². The van der Waals surface area contributed by atoms with Crippen LogP contribution in [-0.4, -0.2) is 43.6 Å². The van der Waals surface area contributed by atoms with Gasteiger partial charge in [-0.2, -0.15) is 4.98 Å². The average molecular weight is 329 g/mol. The standard InChI is InChI=1S/C13H17ClN4O4/c1-6-5-8(15)17-12(21)18(6)11-13(16,3-4-14)10(20)9(22-11)7(2)19/h5,7,9-11,19-20H,16H2,1-2H3,(H2,15,17,21)/t7-,9-,10?,11-,13-/m1/s1. The highest BCUT2D eigenvalue weighted by molar-refractivity contribution is 6.30. The molecule has 0 aliphatic carbocycles. The SMILES string of the molecule is Cc1cc(N)nc(=O)n1[C@@H]1O[C@H]([C@@H](C)O)C(O)[C@]1(N)C#CCl. The first-order valence-corrected chi connectivity index (χ1v) is 6.89. The zero-order valence-corrected chi connectivity index (χ0v) is 12.8. The van der Waals surface area contributed by atoms with Gasteiger partial charge in [-0.25, -0.2) is 4.79 Å². The molecule has 0 saturated carbocycles. The molecule has 2 rings (SSSR count). The third-order valence-electron chi connectivity index (χ3n) is 3.64. The highest BCUT2D eigenvalue weighted by atomic mass is 35.5. The quantitative estimate of drug-likeness (QED) is 0.494. The fourth-order valence-electron chi connectivity index (χ4n) is 2.54. The Labute approximate surface area is 131 Å². The lowest BCUT2D eigenvalue weighted by atomic mass is 9.90. The first-order valence-electron chi connectivity index (χ1n) is 6.51. The van der Waals surface area contributed by atoms with Gasteiger partial charge < -0.3 is 26.4 Å². The lowest BCUT2D eigenvalue weighted by Gasteiger charge is -2.28. The van der Waals surface area contributed by atoms with Crippen molar-refractivity contribution in [3.8, 4) is 11.3 Å². The molecule has 1 aromatic rings. The molecule has 9 heteroatoms. The summed E-state index contributed by atoms with van der Waals surface area (Å²) in [5.74, 6) is 2.51. The molecule has 120 valence electrons. The lowest BCUT2D eigenvalue weighted by Crippen LogP contribution is -2.55. The number of aliphatic hydroxyl groups is 2. The number of hydrogen-bond acceptors (Lipinski definition) is 7. The van der Waals surface area contributed by atoms with Crippen LogP contribution in [0, 0.1) is 18.2 Å². The Kier molecular flexibility index (Phi) is 4.47. The van der Waals surface area contributed by atoms with Crippen molar-refractivity contribution in [3.05, 3.63) is 22.2 Å². The summed E-state index contributed by atoms with van der Waals surface area (Å²) in [5.41, 5.74) is 9.69. The molecule has 1 aromatic heterocycles. The van der Waals surface area contributed by atoms with Crippen molar-refractivity contribution in [2.45, 2.75) is 43.9 Å². The molecule has 5 atom stereocenters. The van der Waals surface area contributed by atoms with Crippen LogP contribution in [0.4, 0.5) is 5.82 Å². The van der Waals surface area contributed by atoms with Crippen LogP contribution in [0.1, 0.15) is 18.8 Å². The zero-order valence-electron chi connectivity index (χ0n) is 12.0. The summed E-state index contributed by atoms with van der Waals surface area (Å²) in [6.45, 7) is 3.04. The molecule has 6 N–H and O–H groups in total. The topological polar surface area (TPSA) is 137 Å². The van der Waals surface area contributed by atoms with E-state index in [-0.39, 0.29) is 5.82 Å². The van der Waals surface area contributed by atoms with E-state index in [4.69, 9.17) is 27.8 Å². The van der Waals surface area contributed by atoms with Crippen LogP contribution in [0.15, 0.2) is 10.9 Å². The van der Waals surface area contributed by atoms with Crippen molar-refractivity contribution in [1.29, 1.82) is 0 Å². The molecule has 22 heavy (non-hydrogen) atoms. The molecule has 0 aromatic carbocycles. The third kappa shape index (κ3) is 2.58. The van der Waals surface area contributed by atoms with Gasteiger partial charge in [0, 0.05) is 11.1 Å². The molecule has 0 spiro atoms. The summed E-state index contributed by atoms with van der Waals surface area (Å²) in [6, 6.07) is 1.46. The fourth-order valence-corrected chi connectivity index (χ4v) is 2.70. The molecule has 0 bridgehead atoms. The summed E-state index contributed by atoms with van der Waals surface area (Å²) >= 11 is 5.43. The second kappa shape index (κ2) is 5.87. The van der Waals surface area contributed by atoms with Crippen molar-refractivity contribution in [1.82, 2.24) is 9.55 Å². The van der Waals surface area contributed by atoms with E-state index in [1.54, 1.807) is 6.92 Å². The summed E-state index contributed by atoms with van der Waals surface area (Å²) in [4.78, 5) is 15.8. The molecule has 2 heterocycles. The number of aromatic nitrogens is 2. The smallest absolute Gasteiger partial charge is 0.351 e. The maximum Gasteiger partial charge on any atom is 0.351 e. The number of nitrogens with two attached hydrogens (primary N) is 2. The second-order valence-electron chi connectivity index (χ2n) is 5.27. The number of anilines is 1. The third-order valence-corrected chi connectivity index (χ3v) is 3.73. The van der Waals surface area contributed by atoms with Crippen LogP contribution in [0.3, 0.4) is 0 Å². The minimum absolute atomic E-state index is 0.0513. The number of hydrogen-bond donors (Lipinski definition) is 4. The van der Waals surface area contributed by atoms with Crippen LogP contribution >= 0.6 is 11.6 Å². The monoisotopic (exact) mass is 328 g/mol. The maximum atomic E-state index is 12.1. The minimum Gasteiger partial charge on any atom is -0.391 e. The van der Waals surface area contributed by atoms with E-state index in [9.17, 15) is 15.0 Å². The number of ether oxygens (including phenoxy) is 1. The van der Waals surface area contributed by atoms with Gasteiger partial charge in [-0.05, 0) is 31.5 Å². The normalized spacial score (nSPS) is 32.4. The zero-order chi connectivity index (χ0) is 16.7. The van der Waals surface area contributed by atoms with Crippen molar-refractivity contribution < 1.29 is 14.9 Å². The van der Waals surface area contributed by atoms with E-state index in [0.717, 1.165) is 4.57 Å². The van der Waals surface area contributed by atoms with Crippen molar-refractivity contribution in [2.24, 2.45) is 5.73 Å². The molecule has 1 saturated heterocycles. The van der Waals surface area contributed by atoms with E-state index < -0.39 is 35.8 Å². The summed E-state index contributed by atoms with van der Waals surface area (Å²) < 4.78 is 6.72. The Morgan fingerprint density at radius 2 is 2.27 bits per heavy atom. The molecule has 1 fully saturated rings. The minimum atomic E-state index is -1.68. The maximum absolute atomic E-state index is 12.1. The molecule has 0 amide bonds. The van der Waals surface area contributed by atoms with Crippen LogP contribution in [-0.2, 0) is 4.74 Å². The molecule has 1 aliphatic rings. The van der Waals surface area contributed by atoms with E-state index in [1.165, 1.54) is 13.0 Å². The predicted molar refractivity (Wildman–Crippen MR) is 79.8 cm³/mol. The highest BCUT2D eigenvalue weighted by Gasteiger charge is 2.56. The number of aliphatic hydroxyl groups excluding tert-OH is 2. The summed E-state index contributed by atoms with van der Waals surface area (Å²) in [5, 5.41) is 22.2. The molecular formula is C13H17ClN4O4. The molecule has 1 unspecified atom stereocenters. The lowest BCUT2D eigenvalue weighted by molar-refractivity contribution is -0.0783. The summed E-state index contributed by atoms with van der Waals surface area (Å²) in [6.07, 6.45) is -4.59. The van der Waals surface area contributed by atoms with Crippen LogP contribution in [0.2, 0.25) is 0 Å². The Bertz CT molecular complexity index is 696. The van der Waals surface area contributed by atoms with Gasteiger partial charge in [0.15, 0.2) is 11.8 Å². The Morgan fingerprint density at radius 3 is 2.77 bits per heavy atom. The Hall–Kier alpha value is -1.63. The van der Waals surface area contributed by atoms with Crippen molar-refractivity contribution >= 4 is 17.4 Å². The molecular weight excluding hydrogens is 312 g/mol. The first-order chi connectivity index (χ1) is 10.2. The number of rotatable bonds is 2. The van der Waals surface area contributed by atoms with Crippen LogP contribution in [0.25, 0.3) is 0 Å². The van der Waals surface area contributed by atoms with E-state index in [2.05, 4.69) is 16.3 Å². The van der Waals surface area contributed by atoms with Gasteiger partial charge in [-0.15, -0.1) is 0 Å². The van der Waals surface area contributed by atoms with Crippen molar-refractivity contribution in [3.63, 3.8) is 0 Å². The number of nitrogens with zero attached hydrogens (tertiary/aromatic N) is 2.